The summed E-state index contributed by atoms with van der Waals surface area (Å²) >= 11 is 3.60. The molecule has 0 amide bonds. The third kappa shape index (κ3) is 0.838. The van der Waals surface area contributed by atoms with Gasteiger partial charge in [0, 0.05) is 5.25 Å². The van der Waals surface area contributed by atoms with Crippen LogP contribution in [0.2, 0.25) is 0 Å². The number of hydrogen-bond donors (Lipinski definition) is 1. The van der Waals surface area contributed by atoms with Crippen LogP contribution in [0.3, 0.4) is 0 Å². The molecule has 0 N–H and O–H groups in total. The van der Waals surface area contributed by atoms with E-state index in [-0.39, 0.29) is 0 Å². The Morgan fingerprint density at radius 3 is 1.78 bits per heavy atom. The van der Waals surface area contributed by atoms with Crippen LogP contribution in [0.5, 0.6) is 0 Å². The number of hydrogen-bond acceptors (Lipinski definition) is 1. The Morgan fingerprint density at radius 1 is 1.44 bits per heavy atom. The summed E-state index contributed by atoms with van der Waals surface area (Å²) in [6.45, 7) is 1.34. The first-order valence-corrected chi connectivity index (χ1v) is 3.16. The molecule has 1 aliphatic carbocycles. The van der Waals surface area contributed by atoms with Crippen LogP contribution < -0.4 is 0 Å². The molecule has 0 bridgehead atoms. The lowest BCUT2D eigenvalue weighted by atomic mass is 10.3. The summed E-state index contributed by atoms with van der Waals surface area (Å²) in [5, 5.41) is -0.868. The molecule has 0 aromatic carbocycles. The zero-order valence-electron chi connectivity index (χ0n) is 4.87. The first kappa shape index (κ1) is 7.25. The van der Waals surface area contributed by atoms with Crippen molar-refractivity contribution >= 4 is 12.6 Å². The van der Waals surface area contributed by atoms with Crippen molar-refractivity contribution in [2.24, 2.45) is 0 Å². The van der Waals surface area contributed by atoms with Crippen LogP contribution in [-0.4, -0.2) is 16.8 Å². The van der Waals surface area contributed by atoms with Crippen molar-refractivity contribution in [1.82, 2.24) is 0 Å². The molecular weight excluding hydrogens is 149 g/mol. The summed E-state index contributed by atoms with van der Waals surface area (Å²) in [5.74, 6) is -3.12. The summed E-state index contributed by atoms with van der Waals surface area (Å²) in [6.07, 6.45) is -0.662. The monoisotopic (exact) mass is 156 g/mol. The van der Waals surface area contributed by atoms with Crippen LogP contribution in [0.1, 0.15) is 13.3 Å². The number of rotatable bonds is 1. The first-order valence-electron chi connectivity index (χ1n) is 2.65. The van der Waals surface area contributed by atoms with Gasteiger partial charge in [-0.1, -0.05) is 6.92 Å². The fraction of sp³-hybridized carbons (Fsp3) is 1.00. The lowest BCUT2D eigenvalue weighted by molar-refractivity contribution is 0.0445. The fourth-order valence-electron chi connectivity index (χ4n) is 0.732. The summed E-state index contributed by atoms with van der Waals surface area (Å²) in [5.41, 5.74) is -2.32. The second kappa shape index (κ2) is 1.59. The normalized spacial score (nSPS) is 42.3. The van der Waals surface area contributed by atoms with Gasteiger partial charge in [-0.25, -0.2) is 13.2 Å². The molecule has 9 heavy (non-hydrogen) atoms. The highest BCUT2D eigenvalue weighted by Gasteiger charge is 2.74. The largest absolute Gasteiger partial charge is 0.286 e. The second-order valence-electron chi connectivity index (χ2n) is 2.42. The molecule has 0 aliphatic heterocycles. The van der Waals surface area contributed by atoms with E-state index >= 15 is 0 Å². The van der Waals surface area contributed by atoms with Crippen molar-refractivity contribution in [1.29, 1.82) is 0 Å². The predicted octanol–water partition coefficient (Wildman–Crippen LogP) is 2.05. The molecule has 0 saturated heterocycles. The van der Waals surface area contributed by atoms with Crippen LogP contribution in [0.4, 0.5) is 13.2 Å². The number of alkyl halides is 3. The molecule has 0 aromatic rings. The maximum absolute atomic E-state index is 12.6. The molecule has 1 rings (SSSR count). The highest BCUT2D eigenvalue weighted by Crippen LogP contribution is 2.58. The van der Waals surface area contributed by atoms with E-state index < -0.39 is 23.3 Å². The average Bonchev–Trinajstić information content (AvgIpc) is 2.08. The smallest absolute Gasteiger partial charge is 0.236 e. The molecule has 1 aliphatic rings. The Labute approximate surface area is 56.8 Å². The van der Waals surface area contributed by atoms with E-state index in [9.17, 15) is 13.2 Å². The zero-order valence-corrected chi connectivity index (χ0v) is 5.76. The minimum atomic E-state index is -3.12. The minimum absolute atomic E-state index is 0.662. The molecule has 0 spiro atoms. The highest BCUT2D eigenvalue weighted by molar-refractivity contribution is 7.81. The van der Waals surface area contributed by atoms with Crippen LogP contribution in [0, 0.1) is 0 Å². The lowest BCUT2D eigenvalue weighted by Gasteiger charge is -2.07. The van der Waals surface area contributed by atoms with Gasteiger partial charge in [-0.2, -0.15) is 12.6 Å². The van der Waals surface area contributed by atoms with Crippen molar-refractivity contribution in [2.75, 3.05) is 0 Å². The predicted molar refractivity (Wildman–Crippen MR) is 31.9 cm³/mol. The van der Waals surface area contributed by atoms with Gasteiger partial charge in [0.15, 0.2) is 5.67 Å². The van der Waals surface area contributed by atoms with E-state index in [1.54, 1.807) is 0 Å². The maximum Gasteiger partial charge on any atom is 0.286 e. The van der Waals surface area contributed by atoms with E-state index in [0.29, 0.717) is 0 Å². The quantitative estimate of drug-likeness (QED) is 0.552. The van der Waals surface area contributed by atoms with Gasteiger partial charge in [0.2, 0.25) is 0 Å². The van der Waals surface area contributed by atoms with E-state index in [2.05, 4.69) is 12.6 Å². The maximum atomic E-state index is 12.6. The second-order valence-corrected chi connectivity index (χ2v) is 3.19. The first-order chi connectivity index (χ1) is 3.90. The van der Waals surface area contributed by atoms with Gasteiger partial charge in [-0.15, -0.1) is 0 Å². The van der Waals surface area contributed by atoms with Crippen LogP contribution in [0.25, 0.3) is 0 Å². The Balaban J connectivity index is 2.63. The number of halogens is 3. The van der Waals surface area contributed by atoms with E-state index in [1.807, 2.05) is 0 Å². The van der Waals surface area contributed by atoms with Crippen molar-refractivity contribution in [3.8, 4) is 0 Å². The van der Waals surface area contributed by atoms with Gasteiger partial charge in [0.1, 0.15) is 0 Å². The highest BCUT2D eigenvalue weighted by atomic mass is 32.1. The molecule has 2 atom stereocenters. The zero-order chi connectivity index (χ0) is 7.28. The third-order valence-corrected chi connectivity index (χ3v) is 2.03. The van der Waals surface area contributed by atoms with E-state index in [0.717, 1.165) is 0 Å². The van der Waals surface area contributed by atoms with Gasteiger partial charge in [0.05, 0.1) is 6.42 Å². The van der Waals surface area contributed by atoms with Gasteiger partial charge in [0.25, 0.3) is 5.92 Å². The Hall–Kier alpha value is 0.140. The van der Waals surface area contributed by atoms with Crippen LogP contribution in [-0.2, 0) is 0 Å². The molecule has 54 valence electrons. The van der Waals surface area contributed by atoms with E-state index in [1.165, 1.54) is 6.92 Å². The Kier molecular flexibility index (Phi) is 1.28. The average molecular weight is 156 g/mol. The minimum Gasteiger partial charge on any atom is -0.236 e. The fourth-order valence-corrected chi connectivity index (χ4v) is 1.01. The molecule has 0 aromatic heterocycles. The van der Waals surface area contributed by atoms with Gasteiger partial charge < -0.3 is 0 Å². The molecule has 4 heteroatoms. The lowest BCUT2D eigenvalue weighted by Crippen LogP contribution is -2.22. The molecule has 2 unspecified atom stereocenters. The molecular formula is C5H7F3S. The van der Waals surface area contributed by atoms with Gasteiger partial charge in [-0.05, 0) is 0 Å². The topological polar surface area (TPSA) is 0 Å². The van der Waals surface area contributed by atoms with Crippen molar-refractivity contribution in [3.05, 3.63) is 0 Å². The third-order valence-electron chi connectivity index (χ3n) is 1.62. The molecule has 0 nitrogen and oxygen atoms in total. The van der Waals surface area contributed by atoms with Crippen molar-refractivity contribution < 1.29 is 13.2 Å². The molecule has 0 heterocycles. The molecule has 1 saturated carbocycles. The SMILES string of the molecule is CC(S)C1(F)CC1(F)F. The van der Waals surface area contributed by atoms with Crippen molar-refractivity contribution in [2.45, 2.75) is 30.2 Å². The van der Waals surface area contributed by atoms with Crippen molar-refractivity contribution in [3.63, 3.8) is 0 Å². The summed E-state index contributed by atoms with van der Waals surface area (Å²) in [4.78, 5) is 0. The standard InChI is InChI=1S/C5H7F3S/c1-3(9)4(6)2-5(4,7)8/h3,9H,2H2,1H3. The Morgan fingerprint density at radius 2 is 1.78 bits per heavy atom. The Bertz CT molecular complexity index is 134. The van der Waals surface area contributed by atoms with E-state index in [4.69, 9.17) is 0 Å². The molecule has 1 fully saturated rings. The summed E-state index contributed by atoms with van der Waals surface area (Å²) in [7, 11) is 0. The summed E-state index contributed by atoms with van der Waals surface area (Å²) < 4.78 is 36.6. The molecule has 0 radical (unpaired) electrons. The van der Waals surface area contributed by atoms with Crippen LogP contribution in [0.15, 0.2) is 0 Å². The van der Waals surface area contributed by atoms with Gasteiger partial charge >= 0.3 is 0 Å². The van der Waals surface area contributed by atoms with Crippen LogP contribution >= 0.6 is 12.6 Å². The number of thiol groups is 1. The van der Waals surface area contributed by atoms with Gasteiger partial charge in [-0.3, -0.25) is 0 Å². The summed E-state index contributed by atoms with van der Waals surface area (Å²) in [6, 6.07) is 0.